The molecule has 0 spiro atoms. The molecular weight excluding hydrogens is 795 g/mol. The molecule has 0 fully saturated rings. The minimum atomic E-state index is -1.69. The highest BCUT2D eigenvalue weighted by atomic mass is 28.3. The molecule has 0 unspecified atom stereocenters. The first-order valence-corrected chi connectivity index (χ1v) is 28.0. The Morgan fingerprint density at radius 1 is 0.371 bits per heavy atom. The lowest BCUT2D eigenvalue weighted by molar-refractivity contribution is 0.842. The van der Waals surface area contributed by atoms with Gasteiger partial charge in [-0.25, -0.2) is 19.5 Å². The van der Waals surface area contributed by atoms with Crippen molar-refractivity contribution >= 4 is 48.3 Å². The quantitative estimate of drug-likeness (QED) is 0.142. The van der Waals surface area contributed by atoms with Crippen LogP contribution in [0.3, 0.4) is 0 Å². The molecule has 0 saturated heterocycles. The van der Waals surface area contributed by atoms with Gasteiger partial charge in [0.25, 0.3) is 11.1 Å². The third-order valence-corrected chi connectivity index (χ3v) is 15.9. The van der Waals surface area contributed by atoms with Gasteiger partial charge in [-0.2, -0.15) is 4.52 Å². The predicted octanol–water partition coefficient (Wildman–Crippen LogP) is 10.8. The molecule has 0 saturated carbocycles. The van der Waals surface area contributed by atoms with Crippen molar-refractivity contribution in [3.8, 4) is 67.5 Å². The SMILES string of the molecule is C[Si](C)(C)c1cccc(-c2cc(-c3cccc([Si](C)(C)C)c3)c3c(c2)c(=O)n2c(=O)c4cc(-c5cccc(-c6nc(-c7ccccc7)nc(-c7ccccc7)n6)c5)ccc4n32)c1. The Labute approximate surface area is 362 Å². The van der Waals surface area contributed by atoms with E-state index in [0.29, 0.717) is 33.8 Å². The van der Waals surface area contributed by atoms with Crippen molar-refractivity contribution in [2.45, 2.75) is 39.3 Å². The number of benzene rings is 7. The Kier molecular flexibility index (Phi) is 9.35. The second-order valence-electron chi connectivity index (χ2n) is 18.2. The topological polar surface area (TPSA) is 81.6 Å². The zero-order valence-corrected chi connectivity index (χ0v) is 37.6. The minimum Gasteiger partial charge on any atom is -0.267 e. The molecule has 0 aliphatic heterocycles. The molecule has 0 bridgehead atoms. The van der Waals surface area contributed by atoms with Crippen LogP contribution in [0.15, 0.2) is 173 Å². The van der Waals surface area contributed by atoms with Crippen molar-refractivity contribution in [3.63, 3.8) is 0 Å². The van der Waals surface area contributed by atoms with E-state index in [1.165, 1.54) is 14.9 Å². The second kappa shape index (κ2) is 14.8. The summed E-state index contributed by atoms with van der Waals surface area (Å²) in [6, 6.07) is 55.4. The van der Waals surface area contributed by atoms with Crippen LogP contribution in [0.25, 0.3) is 89.4 Å². The minimum absolute atomic E-state index is 0.325. The van der Waals surface area contributed by atoms with Crippen LogP contribution >= 0.6 is 0 Å². The van der Waals surface area contributed by atoms with Crippen LogP contribution in [0, 0.1) is 0 Å². The summed E-state index contributed by atoms with van der Waals surface area (Å²) in [6.07, 6.45) is 0. The van der Waals surface area contributed by atoms with E-state index in [2.05, 4.69) is 93.9 Å². The highest BCUT2D eigenvalue weighted by Gasteiger charge is 2.25. The van der Waals surface area contributed by atoms with E-state index < -0.39 is 16.1 Å². The molecule has 62 heavy (non-hydrogen) atoms. The molecule has 0 N–H and O–H groups in total. The molecule has 10 rings (SSSR count). The summed E-state index contributed by atoms with van der Waals surface area (Å²) in [5.41, 5.74) is 9.05. The fourth-order valence-electron chi connectivity index (χ4n) is 8.41. The van der Waals surface area contributed by atoms with Gasteiger partial charge in [-0.1, -0.05) is 183 Å². The first-order valence-electron chi connectivity index (χ1n) is 21.0. The Morgan fingerprint density at radius 2 is 0.823 bits per heavy atom. The van der Waals surface area contributed by atoms with Crippen molar-refractivity contribution in [1.82, 2.24) is 24.0 Å². The van der Waals surface area contributed by atoms with Crippen molar-refractivity contribution in [3.05, 3.63) is 184 Å². The fourth-order valence-corrected chi connectivity index (χ4v) is 10.8. The summed E-state index contributed by atoms with van der Waals surface area (Å²) in [7, 11) is -3.31. The average Bonchev–Trinajstić information content (AvgIpc) is 3.75. The number of rotatable bonds is 8. The molecule has 0 aliphatic rings. The van der Waals surface area contributed by atoms with Gasteiger partial charge in [0.2, 0.25) is 0 Å². The monoisotopic (exact) mass is 839 g/mol. The van der Waals surface area contributed by atoms with Gasteiger partial charge >= 0.3 is 0 Å². The van der Waals surface area contributed by atoms with E-state index in [-0.39, 0.29) is 11.1 Å². The van der Waals surface area contributed by atoms with Gasteiger partial charge in [0.15, 0.2) is 17.5 Å². The van der Waals surface area contributed by atoms with Gasteiger partial charge in [0.05, 0.1) is 38.0 Å². The highest BCUT2D eigenvalue weighted by Crippen LogP contribution is 2.36. The molecule has 302 valence electrons. The maximum atomic E-state index is 14.7. The van der Waals surface area contributed by atoms with Crippen LogP contribution in [0.2, 0.25) is 39.3 Å². The third-order valence-electron chi connectivity index (χ3n) is 11.8. The van der Waals surface area contributed by atoms with Crippen molar-refractivity contribution in [2.24, 2.45) is 0 Å². The van der Waals surface area contributed by atoms with Crippen molar-refractivity contribution in [2.75, 3.05) is 0 Å². The molecule has 0 aliphatic carbocycles. The molecule has 3 aromatic heterocycles. The molecule has 0 atom stereocenters. The second-order valence-corrected chi connectivity index (χ2v) is 28.3. The molecule has 7 aromatic carbocycles. The van der Waals surface area contributed by atoms with Crippen molar-refractivity contribution in [1.29, 1.82) is 0 Å². The van der Waals surface area contributed by atoms with Crippen molar-refractivity contribution < 1.29 is 0 Å². The van der Waals surface area contributed by atoms with E-state index in [4.69, 9.17) is 15.0 Å². The van der Waals surface area contributed by atoms with Gasteiger partial charge < -0.3 is 0 Å². The standard InChI is InChI=1S/C53H45N5O2Si2/c1-61(2,3)42-24-14-21-37(29-42)41-32-44(39-22-15-25-43(30-39)62(4,5)6)48-46(33-41)53(60)58-52(59)45-31-38(26-27-47(45)57(48)58)36-20-13-23-40(28-36)51-55-49(34-16-9-7-10-17-34)54-50(56-51)35-18-11-8-12-19-35/h7-33H,1-6H3. The molecule has 0 amide bonds. The maximum absolute atomic E-state index is 14.7. The summed E-state index contributed by atoms with van der Waals surface area (Å²) >= 11 is 0. The van der Waals surface area contributed by atoms with Crippen LogP contribution in [0.1, 0.15) is 0 Å². The lowest BCUT2D eigenvalue weighted by atomic mass is 9.96. The summed E-state index contributed by atoms with van der Waals surface area (Å²) < 4.78 is 3.17. The van der Waals surface area contributed by atoms with Gasteiger partial charge in [-0.05, 0) is 58.1 Å². The lowest BCUT2D eigenvalue weighted by Gasteiger charge is -2.19. The number of nitrogens with zero attached hydrogens (tertiary/aromatic N) is 5. The van der Waals surface area contributed by atoms with E-state index in [9.17, 15) is 9.59 Å². The Morgan fingerprint density at radius 3 is 1.42 bits per heavy atom. The zero-order valence-electron chi connectivity index (χ0n) is 35.6. The number of hydrogen-bond acceptors (Lipinski definition) is 5. The summed E-state index contributed by atoms with van der Waals surface area (Å²) in [6.45, 7) is 14.1. The van der Waals surface area contributed by atoms with Gasteiger partial charge in [-0.3, -0.25) is 9.59 Å². The smallest absolute Gasteiger partial charge is 0.267 e. The molecule has 10 aromatic rings. The normalized spacial score (nSPS) is 12.2. The van der Waals surface area contributed by atoms with Gasteiger partial charge in [-0.15, -0.1) is 0 Å². The fraction of sp³-hybridized carbons (Fsp3) is 0.113. The Bertz CT molecular complexity index is 3420. The Hall–Kier alpha value is -7.08. The summed E-state index contributed by atoms with van der Waals surface area (Å²) in [5.74, 6) is 1.71. The first-order chi connectivity index (χ1) is 29.8. The van der Waals surface area contributed by atoms with Crippen LogP contribution in [0.4, 0.5) is 0 Å². The van der Waals surface area contributed by atoms with E-state index in [0.717, 1.165) is 55.6 Å². The number of hydrogen-bond donors (Lipinski definition) is 0. The average molecular weight is 840 g/mol. The molecular formula is C53H45N5O2Si2. The van der Waals surface area contributed by atoms with Crippen LogP contribution < -0.4 is 21.5 Å². The van der Waals surface area contributed by atoms with Crippen LogP contribution in [0.5, 0.6) is 0 Å². The van der Waals surface area contributed by atoms with Gasteiger partial charge in [0, 0.05) is 22.3 Å². The van der Waals surface area contributed by atoms with Crippen LogP contribution in [-0.2, 0) is 0 Å². The molecule has 7 nitrogen and oxygen atoms in total. The number of fused-ring (bicyclic) bond motifs is 5. The lowest BCUT2D eigenvalue weighted by Crippen LogP contribution is -2.37. The van der Waals surface area contributed by atoms with E-state index in [1.54, 1.807) is 0 Å². The maximum Gasteiger partial charge on any atom is 0.282 e. The van der Waals surface area contributed by atoms with Gasteiger partial charge in [0.1, 0.15) is 0 Å². The van der Waals surface area contributed by atoms with Crippen LogP contribution in [-0.4, -0.2) is 40.1 Å². The summed E-state index contributed by atoms with van der Waals surface area (Å²) in [5, 5.41) is 3.66. The zero-order chi connectivity index (χ0) is 42.9. The largest absolute Gasteiger partial charge is 0.282 e. The van der Waals surface area contributed by atoms with E-state index >= 15 is 0 Å². The molecule has 3 heterocycles. The Balaban J connectivity index is 1.14. The predicted molar refractivity (Wildman–Crippen MR) is 262 cm³/mol. The van der Waals surface area contributed by atoms with E-state index in [1.807, 2.05) is 114 Å². The first kappa shape index (κ1) is 39.1. The summed E-state index contributed by atoms with van der Waals surface area (Å²) in [4.78, 5) is 44.0. The molecule has 0 radical (unpaired) electrons. The number of aromatic nitrogens is 5. The molecule has 9 heteroatoms. The third kappa shape index (κ3) is 6.89. The highest BCUT2D eigenvalue weighted by molar-refractivity contribution is 6.89.